The van der Waals surface area contributed by atoms with Crippen molar-refractivity contribution < 1.29 is 14.5 Å². The number of hydrazine groups is 1. The molecular formula is C19H20N4O4. The van der Waals surface area contributed by atoms with Gasteiger partial charge in [0.2, 0.25) is 0 Å². The van der Waals surface area contributed by atoms with E-state index in [1.807, 2.05) is 23.1 Å². The number of hydrogen-bond acceptors (Lipinski definition) is 5. The number of nitrogens with zero attached hydrogens (tertiary/aromatic N) is 2. The topological polar surface area (TPSA) is 105 Å². The van der Waals surface area contributed by atoms with Crippen LogP contribution < -0.4 is 15.8 Å². The summed E-state index contributed by atoms with van der Waals surface area (Å²) in [7, 11) is 0. The van der Waals surface area contributed by atoms with E-state index in [1.54, 1.807) is 6.92 Å². The van der Waals surface area contributed by atoms with Crippen LogP contribution in [0.1, 0.15) is 27.9 Å². The molecule has 140 valence electrons. The Morgan fingerprint density at radius 2 is 1.96 bits per heavy atom. The van der Waals surface area contributed by atoms with Gasteiger partial charge in [-0.15, -0.1) is 0 Å². The largest absolute Gasteiger partial charge is 0.362 e. The van der Waals surface area contributed by atoms with Gasteiger partial charge in [0.05, 0.1) is 11.5 Å². The predicted octanol–water partition coefficient (Wildman–Crippen LogP) is 2.12. The van der Waals surface area contributed by atoms with Gasteiger partial charge in [-0.1, -0.05) is 18.2 Å². The number of hydrogen-bond donors (Lipinski definition) is 2. The molecule has 0 saturated carbocycles. The highest BCUT2D eigenvalue weighted by Crippen LogP contribution is 2.26. The molecule has 8 heteroatoms. The van der Waals surface area contributed by atoms with Crippen molar-refractivity contribution in [2.75, 3.05) is 18.0 Å². The maximum Gasteiger partial charge on any atom is 0.272 e. The number of nitro groups is 1. The lowest BCUT2D eigenvalue weighted by molar-refractivity contribution is -0.385. The lowest BCUT2D eigenvalue weighted by atomic mass is 10.0. The number of carbonyl (C=O) groups excluding carboxylic acids is 2. The van der Waals surface area contributed by atoms with Crippen LogP contribution in [0.25, 0.3) is 0 Å². The maximum atomic E-state index is 12.2. The molecule has 0 saturated heterocycles. The van der Waals surface area contributed by atoms with Crippen LogP contribution in [0, 0.1) is 17.0 Å². The number of carbonyl (C=O) groups is 2. The molecule has 2 aromatic rings. The Balaban J connectivity index is 1.57. The molecule has 0 atom stereocenters. The van der Waals surface area contributed by atoms with Crippen molar-refractivity contribution in [3.8, 4) is 0 Å². The number of anilines is 1. The highest BCUT2D eigenvalue weighted by atomic mass is 16.6. The Morgan fingerprint density at radius 1 is 1.19 bits per heavy atom. The van der Waals surface area contributed by atoms with E-state index in [-0.39, 0.29) is 23.7 Å². The van der Waals surface area contributed by atoms with Crippen LogP contribution >= 0.6 is 0 Å². The highest BCUT2D eigenvalue weighted by molar-refractivity contribution is 5.96. The minimum atomic E-state index is -0.527. The van der Waals surface area contributed by atoms with Crippen molar-refractivity contribution in [1.82, 2.24) is 10.9 Å². The summed E-state index contributed by atoms with van der Waals surface area (Å²) in [4.78, 5) is 36.7. The zero-order chi connectivity index (χ0) is 19.4. The normalized spacial score (nSPS) is 12.9. The van der Waals surface area contributed by atoms with Crippen molar-refractivity contribution in [2.45, 2.75) is 19.8 Å². The maximum absolute atomic E-state index is 12.2. The third kappa shape index (κ3) is 4.22. The first kappa shape index (κ1) is 18.4. The number of aryl methyl sites for hydroxylation is 2. The summed E-state index contributed by atoms with van der Waals surface area (Å²) in [5.41, 5.74) is 7.56. The molecule has 0 spiro atoms. The first-order valence-corrected chi connectivity index (χ1v) is 8.63. The molecule has 3 rings (SSSR count). The second-order valence-electron chi connectivity index (χ2n) is 6.41. The fourth-order valence-electron chi connectivity index (χ4n) is 3.19. The smallest absolute Gasteiger partial charge is 0.272 e. The Labute approximate surface area is 156 Å². The second kappa shape index (κ2) is 7.86. The lowest BCUT2D eigenvalue weighted by Crippen LogP contribution is -2.47. The molecule has 0 fully saturated rings. The van der Waals surface area contributed by atoms with Gasteiger partial charge in [-0.25, -0.2) is 0 Å². The van der Waals surface area contributed by atoms with Crippen LogP contribution in [0.3, 0.4) is 0 Å². The molecule has 1 aliphatic heterocycles. The molecule has 2 amide bonds. The second-order valence-corrected chi connectivity index (χ2v) is 6.41. The molecule has 0 aliphatic carbocycles. The van der Waals surface area contributed by atoms with Crippen LogP contribution in [0.4, 0.5) is 11.4 Å². The lowest BCUT2D eigenvalue weighted by Gasteiger charge is -2.30. The molecule has 8 nitrogen and oxygen atoms in total. The van der Waals surface area contributed by atoms with E-state index in [4.69, 9.17) is 0 Å². The quantitative estimate of drug-likeness (QED) is 0.635. The minimum Gasteiger partial charge on any atom is -0.362 e. The van der Waals surface area contributed by atoms with Gasteiger partial charge < -0.3 is 4.90 Å². The summed E-state index contributed by atoms with van der Waals surface area (Å²) < 4.78 is 0. The van der Waals surface area contributed by atoms with E-state index in [2.05, 4.69) is 16.9 Å². The number of para-hydroxylation sites is 1. The predicted molar refractivity (Wildman–Crippen MR) is 100 cm³/mol. The van der Waals surface area contributed by atoms with Crippen molar-refractivity contribution in [3.63, 3.8) is 0 Å². The fourth-order valence-corrected chi connectivity index (χ4v) is 3.19. The van der Waals surface area contributed by atoms with E-state index in [0.29, 0.717) is 5.56 Å². The summed E-state index contributed by atoms with van der Waals surface area (Å²) in [6.07, 6.45) is 1.96. The molecule has 27 heavy (non-hydrogen) atoms. The monoisotopic (exact) mass is 368 g/mol. The summed E-state index contributed by atoms with van der Waals surface area (Å²) in [5, 5.41) is 10.8. The van der Waals surface area contributed by atoms with Gasteiger partial charge in [-0.05, 0) is 43.5 Å². The Kier molecular flexibility index (Phi) is 5.35. The molecule has 0 unspecified atom stereocenters. The minimum absolute atomic E-state index is 0.0562. The Hall–Kier alpha value is -3.42. The third-order valence-corrected chi connectivity index (χ3v) is 4.51. The van der Waals surface area contributed by atoms with Crippen LogP contribution in [0.5, 0.6) is 0 Å². The standard InChI is InChI=1S/C19H20N4O4/c1-13-11-15(8-9-16(13)23(26)27)19(25)21-20-18(24)12-22-10-4-6-14-5-2-3-7-17(14)22/h2-3,5,7-9,11H,4,6,10,12H2,1H3,(H,20,24)(H,21,25). The summed E-state index contributed by atoms with van der Waals surface area (Å²) in [5.74, 6) is -0.862. The molecule has 0 aromatic heterocycles. The molecule has 1 aliphatic rings. The number of fused-ring (bicyclic) bond motifs is 1. The van der Waals surface area contributed by atoms with Gasteiger partial charge in [0.15, 0.2) is 0 Å². The number of rotatable bonds is 4. The van der Waals surface area contributed by atoms with E-state index in [1.165, 1.54) is 23.8 Å². The SMILES string of the molecule is Cc1cc(C(=O)NNC(=O)CN2CCCc3ccccc32)ccc1[N+](=O)[O-]. The van der Waals surface area contributed by atoms with Crippen molar-refractivity contribution >= 4 is 23.2 Å². The number of amides is 2. The summed E-state index contributed by atoms with van der Waals surface area (Å²) in [6.45, 7) is 2.47. The molecule has 0 bridgehead atoms. The zero-order valence-corrected chi connectivity index (χ0v) is 14.9. The number of nitro benzene ring substituents is 1. The molecule has 1 heterocycles. The summed E-state index contributed by atoms with van der Waals surface area (Å²) >= 11 is 0. The van der Waals surface area contributed by atoms with Gasteiger partial charge in [-0.2, -0.15) is 0 Å². The van der Waals surface area contributed by atoms with Crippen molar-refractivity contribution in [2.24, 2.45) is 0 Å². The Bertz CT molecular complexity index is 897. The molecule has 2 N–H and O–H groups in total. The number of benzene rings is 2. The van der Waals surface area contributed by atoms with E-state index in [9.17, 15) is 19.7 Å². The first-order chi connectivity index (χ1) is 13.0. The van der Waals surface area contributed by atoms with E-state index in [0.717, 1.165) is 25.1 Å². The van der Waals surface area contributed by atoms with Gasteiger partial charge in [0.25, 0.3) is 17.5 Å². The Morgan fingerprint density at radius 3 is 2.70 bits per heavy atom. The third-order valence-electron chi connectivity index (χ3n) is 4.51. The summed E-state index contributed by atoms with van der Waals surface area (Å²) in [6, 6.07) is 12.0. The molecule has 0 radical (unpaired) electrons. The molecular weight excluding hydrogens is 348 g/mol. The average Bonchev–Trinajstić information content (AvgIpc) is 2.66. The van der Waals surface area contributed by atoms with Crippen molar-refractivity contribution in [3.05, 3.63) is 69.3 Å². The van der Waals surface area contributed by atoms with Gasteiger partial charge in [-0.3, -0.25) is 30.6 Å². The molecule has 2 aromatic carbocycles. The van der Waals surface area contributed by atoms with Crippen molar-refractivity contribution in [1.29, 1.82) is 0 Å². The van der Waals surface area contributed by atoms with Crippen LogP contribution in [0.15, 0.2) is 42.5 Å². The van der Waals surface area contributed by atoms with Gasteiger partial charge >= 0.3 is 0 Å². The highest BCUT2D eigenvalue weighted by Gasteiger charge is 2.19. The van der Waals surface area contributed by atoms with Gasteiger partial charge in [0.1, 0.15) is 0 Å². The van der Waals surface area contributed by atoms with E-state index >= 15 is 0 Å². The number of nitrogens with one attached hydrogen (secondary N) is 2. The van der Waals surface area contributed by atoms with Gasteiger partial charge in [0, 0.05) is 29.4 Å². The van der Waals surface area contributed by atoms with Crippen LogP contribution in [0.2, 0.25) is 0 Å². The van der Waals surface area contributed by atoms with Crippen LogP contribution in [-0.4, -0.2) is 29.8 Å². The fraction of sp³-hybridized carbons (Fsp3) is 0.263. The first-order valence-electron chi connectivity index (χ1n) is 8.63. The van der Waals surface area contributed by atoms with Crippen LogP contribution in [-0.2, 0) is 11.2 Å². The van der Waals surface area contributed by atoms with E-state index < -0.39 is 10.8 Å². The average molecular weight is 368 g/mol. The zero-order valence-electron chi connectivity index (χ0n) is 14.9.